The summed E-state index contributed by atoms with van der Waals surface area (Å²) >= 11 is 0. The van der Waals surface area contributed by atoms with Gasteiger partial charge in [0.2, 0.25) is 0 Å². The van der Waals surface area contributed by atoms with Crippen molar-refractivity contribution in [3.05, 3.63) is 66.0 Å². The first-order chi connectivity index (χ1) is 10.6. The average molecular weight is 302 g/mol. The highest BCUT2D eigenvalue weighted by molar-refractivity contribution is 5.89. The molecule has 0 bridgehead atoms. The van der Waals surface area contributed by atoms with E-state index in [9.17, 15) is 14.3 Å². The van der Waals surface area contributed by atoms with E-state index in [1.807, 2.05) is 30.3 Å². The van der Waals surface area contributed by atoms with Gasteiger partial charge in [0.05, 0.1) is 6.04 Å². The molecule has 1 atom stereocenters. The molecule has 0 saturated heterocycles. The van der Waals surface area contributed by atoms with Gasteiger partial charge in [-0.25, -0.2) is 9.18 Å². The first-order valence-electron chi connectivity index (χ1n) is 7.07. The van der Waals surface area contributed by atoms with Crippen LogP contribution >= 0.6 is 0 Å². The lowest BCUT2D eigenvalue weighted by Gasteiger charge is -2.28. The molecule has 2 amide bonds. The summed E-state index contributed by atoms with van der Waals surface area (Å²) < 4.78 is 13.2. The number of carbonyl (C=O) groups excluding carboxylic acids is 1. The van der Waals surface area contributed by atoms with Crippen molar-refractivity contribution >= 4 is 11.7 Å². The van der Waals surface area contributed by atoms with Gasteiger partial charge in [-0.1, -0.05) is 36.4 Å². The van der Waals surface area contributed by atoms with Crippen LogP contribution in [0, 0.1) is 5.82 Å². The summed E-state index contributed by atoms with van der Waals surface area (Å²) in [6.45, 7) is -0.0306. The largest absolute Gasteiger partial charge is 0.396 e. The number of aliphatic hydroxyl groups excluding tert-OH is 1. The number of urea groups is 1. The number of nitrogens with zero attached hydrogens (tertiary/aromatic N) is 1. The van der Waals surface area contributed by atoms with Gasteiger partial charge < -0.3 is 15.3 Å². The first-order valence-corrected chi connectivity index (χ1v) is 7.07. The Hall–Kier alpha value is -2.40. The molecule has 0 aliphatic carbocycles. The van der Waals surface area contributed by atoms with Crippen molar-refractivity contribution in [1.82, 2.24) is 4.90 Å². The molecule has 0 spiro atoms. The quantitative estimate of drug-likeness (QED) is 0.889. The second-order valence-corrected chi connectivity index (χ2v) is 4.99. The fourth-order valence-corrected chi connectivity index (χ4v) is 2.30. The van der Waals surface area contributed by atoms with Gasteiger partial charge in [0.25, 0.3) is 0 Å². The normalized spacial score (nSPS) is 11.8. The van der Waals surface area contributed by atoms with E-state index in [1.165, 1.54) is 23.1 Å². The van der Waals surface area contributed by atoms with Crippen molar-refractivity contribution in [2.24, 2.45) is 0 Å². The Kier molecular flexibility index (Phi) is 5.49. The van der Waals surface area contributed by atoms with E-state index in [0.29, 0.717) is 12.1 Å². The van der Waals surface area contributed by atoms with E-state index in [-0.39, 0.29) is 18.7 Å². The average Bonchev–Trinajstić information content (AvgIpc) is 2.53. The molecular formula is C17H19FN2O2. The van der Waals surface area contributed by atoms with Crippen molar-refractivity contribution in [3.8, 4) is 0 Å². The lowest BCUT2D eigenvalue weighted by atomic mass is 10.0. The van der Waals surface area contributed by atoms with Crippen molar-refractivity contribution in [1.29, 1.82) is 0 Å². The molecule has 0 aliphatic heterocycles. The second kappa shape index (κ2) is 7.56. The van der Waals surface area contributed by atoms with Crippen LogP contribution in [0.5, 0.6) is 0 Å². The monoisotopic (exact) mass is 302 g/mol. The Bertz CT molecular complexity index is 619. The molecule has 22 heavy (non-hydrogen) atoms. The number of benzene rings is 2. The maximum absolute atomic E-state index is 13.2. The number of hydrogen-bond donors (Lipinski definition) is 2. The lowest BCUT2D eigenvalue weighted by molar-refractivity contribution is 0.184. The van der Waals surface area contributed by atoms with E-state index in [4.69, 9.17) is 0 Å². The zero-order valence-electron chi connectivity index (χ0n) is 12.4. The third-order valence-electron chi connectivity index (χ3n) is 3.45. The Morgan fingerprint density at radius 1 is 1.23 bits per heavy atom. The summed E-state index contributed by atoms with van der Waals surface area (Å²) in [6, 6.07) is 14.6. The predicted octanol–water partition coefficient (Wildman–Crippen LogP) is 3.41. The van der Waals surface area contributed by atoms with Crippen LogP contribution in [0.15, 0.2) is 54.6 Å². The fraction of sp³-hybridized carbons (Fsp3) is 0.235. The maximum Gasteiger partial charge on any atom is 0.322 e. The predicted molar refractivity (Wildman–Crippen MR) is 84.1 cm³/mol. The van der Waals surface area contributed by atoms with Crippen molar-refractivity contribution < 1.29 is 14.3 Å². The Morgan fingerprint density at radius 2 is 1.95 bits per heavy atom. The van der Waals surface area contributed by atoms with E-state index < -0.39 is 5.82 Å². The molecule has 5 heteroatoms. The summed E-state index contributed by atoms with van der Waals surface area (Å²) in [7, 11) is 1.65. The van der Waals surface area contributed by atoms with Crippen molar-refractivity contribution in [2.45, 2.75) is 12.5 Å². The van der Waals surface area contributed by atoms with Gasteiger partial charge in [-0.2, -0.15) is 0 Å². The van der Waals surface area contributed by atoms with Crippen LogP contribution in [0.25, 0.3) is 0 Å². The number of nitrogens with one attached hydrogen (secondary N) is 1. The minimum Gasteiger partial charge on any atom is -0.396 e. The topological polar surface area (TPSA) is 52.6 Å². The molecule has 0 aliphatic rings. The van der Waals surface area contributed by atoms with Gasteiger partial charge in [0.1, 0.15) is 5.82 Å². The van der Waals surface area contributed by atoms with Crippen LogP contribution in [-0.4, -0.2) is 29.7 Å². The molecule has 0 saturated carbocycles. The zero-order valence-corrected chi connectivity index (χ0v) is 12.4. The molecule has 1 unspecified atom stereocenters. The molecule has 0 fully saturated rings. The van der Waals surface area contributed by atoms with Gasteiger partial charge in [-0.15, -0.1) is 0 Å². The van der Waals surface area contributed by atoms with Gasteiger partial charge >= 0.3 is 6.03 Å². The molecule has 0 aromatic heterocycles. The lowest BCUT2D eigenvalue weighted by Crippen LogP contribution is -2.35. The maximum atomic E-state index is 13.2. The zero-order chi connectivity index (χ0) is 15.9. The Morgan fingerprint density at radius 3 is 2.59 bits per heavy atom. The summed E-state index contributed by atoms with van der Waals surface area (Å²) in [5.41, 5.74) is 1.33. The minimum absolute atomic E-state index is 0.0306. The van der Waals surface area contributed by atoms with Crippen LogP contribution in [0.1, 0.15) is 18.0 Å². The fourth-order valence-electron chi connectivity index (χ4n) is 2.30. The highest BCUT2D eigenvalue weighted by Crippen LogP contribution is 2.23. The van der Waals surface area contributed by atoms with Gasteiger partial charge in [0, 0.05) is 19.3 Å². The van der Waals surface area contributed by atoms with Gasteiger partial charge in [-0.05, 0) is 30.2 Å². The van der Waals surface area contributed by atoms with E-state index in [0.717, 1.165) is 5.56 Å². The number of hydrogen-bond acceptors (Lipinski definition) is 2. The summed E-state index contributed by atoms with van der Waals surface area (Å²) in [5, 5.41) is 11.9. The van der Waals surface area contributed by atoms with Gasteiger partial charge in [0.15, 0.2) is 0 Å². The van der Waals surface area contributed by atoms with Crippen LogP contribution < -0.4 is 5.32 Å². The Balaban J connectivity index is 2.12. The number of aliphatic hydroxyl groups is 1. The molecule has 0 radical (unpaired) electrons. The molecule has 2 aromatic rings. The van der Waals surface area contributed by atoms with E-state index in [2.05, 4.69) is 5.32 Å². The van der Waals surface area contributed by atoms with Crippen molar-refractivity contribution in [3.63, 3.8) is 0 Å². The molecule has 116 valence electrons. The molecule has 2 N–H and O–H groups in total. The van der Waals surface area contributed by atoms with Crippen LogP contribution in [0.4, 0.5) is 14.9 Å². The summed E-state index contributed by atoms with van der Waals surface area (Å²) in [4.78, 5) is 13.8. The highest BCUT2D eigenvalue weighted by Gasteiger charge is 2.21. The van der Waals surface area contributed by atoms with Crippen LogP contribution in [0.2, 0.25) is 0 Å². The van der Waals surface area contributed by atoms with E-state index in [1.54, 1.807) is 13.1 Å². The second-order valence-electron chi connectivity index (χ2n) is 4.99. The number of halogens is 1. The van der Waals surface area contributed by atoms with E-state index >= 15 is 0 Å². The van der Waals surface area contributed by atoms with Crippen molar-refractivity contribution in [2.75, 3.05) is 19.0 Å². The molecule has 0 heterocycles. The molecule has 2 aromatic carbocycles. The number of carbonyl (C=O) groups is 1. The third-order valence-corrected chi connectivity index (χ3v) is 3.45. The summed E-state index contributed by atoms with van der Waals surface area (Å²) in [5.74, 6) is -0.407. The highest BCUT2D eigenvalue weighted by atomic mass is 19.1. The van der Waals surface area contributed by atoms with Crippen LogP contribution in [-0.2, 0) is 0 Å². The molecule has 2 rings (SSSR count). The summed E-state index contributed by atoms with van der Waals surface area (Å²) in [6.07, 6.45) is 0.428. The SMILES string of the molecule is CN(C(=O)Nc1cccc(F)c1)C(CCO)c1ccccc1. The number of amides is 2. The smallest absolute Gasteiger partial charge is 0.322 e. The first kappa shape index (κ1) is 16.0. The number of rotatable bonds is 5. The molecular weight excluding hydrogens is 283 g/mol. The van der Waals surface area contributed by atoms with Crippen LogP contribution in [0.3, 0.4) is 0 Å². The molecule has 4 nitrogen and oxygen atoms in total. The third kappa shape index (κ3) is 4.05. The number of anilines is 1. The van der Waals surface area contributed by atoms with Gasteiger partial charge in [-0.3, -0.25) is 0 Å². The minimum atomic E-state index is -0.407. The standard InChI is InChI=1S/C17H19FN2O2/c1-20(16(10-11-21)13-6-3-2-4-7-13)17(22)19-15-9-5-8-14(18)12-15/h2-9,12,16,21H,10-11H2,1H3,(H,19,22). The Labute approximate surface area is 129 Å².